The van der Waals surface area contributed by atoms with Crippen LogP contribution in [0, 0.1) is 12.8 Å². The number of hydrogen-bond acceptors (Lipinski definition) is 4. The van der Waals surface area contributed by atoms with Gasteiger partial charge in [0.2, 0.25) is 0 Å². The third kappa shape index (κ3) is 3.05. The maximum atomic E-state index is 13.0. The van der Waals surface area contributed by atoms with Crippen molar-refractivity contribution in [1.29, 1.82) is 0 Å². The molecule has 0 unspecified atom stereocenters. The van der Waals surface area contributed by atoms with E-state index in [1.807, 2.05) is 57.2 Å². The fraction of sp³-hybridized carbons (Fsp3) is 0.333. The second-order valence-electron chi connectivity index (χ2n) is 7.09. The Kier molecular flexibility index (Phi) is 4.72. The highest BCUT2D eigenvalue weighted by Gasteiger charge is 2.38. The Bertz CT molecular complexity index is 874. The molecule has 0 aromatic heterocycles. The van der Waals surface area contributed by atoms with E-state index >= 15 is 0 Å². The van der Waals surface area contributed by atoms with E-state index in [4.69, 9.17) is 10.5 Å². The molecule has 0 aliphatic carbocycles. The van der Waals surface area contributed by atoms with E-state index in [2.05, 4.69) is 0 Å². The Morgan fingerprint density at radius 1 is 1.15 bits per heavy atom. The summed E-state index contributed by atoms with van der Waals surface area (Å²) >= 11 is 0. The highest BCUT2D eigenvalue weighted by molar-refractivity contribution is 6.01. The average Bonchev–Trinajstić information content (AvgIpc) is 2.91. The number of aryl methyl sites for hydroxylation is 1. The van der Waals surface area contributed by atoms with Gasteiger partial charge in [-0.1, -0.05) is 32.0 Å². The predicted octanol–water partition coefficient (Wildman–Crippen LogP) is 3.40. The Morgan fingerprint density at radius 2 is 1.88 bits per heavy atom. The van der Waals surface area contributed by atoms with Crippen LogP contribution in [0.25, 0.3) is 11.1 Å². The summed E-state index contributed by atoms with van der Waals surface area (Å²) in [4.78, 5) is 26.8. The normalized spacial score (nSPS) is 14.5. The van der Waals surface area contributed by atoms with Crippen LogP contribution < -0.4 is 5.73 Å². The van der Waals surface area contributed by atoms with Crippen molar-refractivity contribution in [3.63, 3.8) is 0 Å². The summed E-state index contributed by atoms with van der Waals surface area (Å²) in [5.74, 6) is -0.533. The van der Waals surface area contributed by atoms with Crippen LogP contribution in [0.1, 0.15) is 35.3 Å². The summed E-state index contributed by atoms with van der Waals surface area (Å²) in [6.07, 6.45) is 0. The van der Waals surface area contributed by atoms with Gasteiger partial charge in [-0.05, 0) is 53.3 Å². The lowest BCUT2D eigenvalue weighted by Crippen LogP contribution is -2.45. The molecular weight excluding hydrogens is 328 g/mol. The number of methoxy groups -OCH3 is 1. The molecule has 26 heavy (non-hydrogen) atoms. The first-order chi connectivity index (χ1) is 12.3. The first-order valence-electron chi connectivity index (χ1n) is 8.71. The van der Waals surface area contributed by atoms with Gasteiger partial charge in [0.1, 0.15) is 6.04 Å². The number of carbonyl (C=O) groups excluding carboxylic acids is 2. The molecule has 0 fully saturated rings. The van der Waals surface area contributed by atoms with Gasteiger partial charge in [0.05, 0.1) is 7.11 Å². The molecule has 1 aliphatic heterocycles. The molecule has 0 saturated heterocycles. The molecule has 1 amide bonds. The molecule has 0 spiro atoms. The molecular formula is C21H24N2O3. The van der Waals surface area contributed by atoms with Crippen molar-refractivity contribution < 1.29 is 14.3 Å². The first kappa shape index (κ1) is 18.0. The molecule has 2 aromatic carbocycles. The van der Waals surface area contributed by atoms with Crippen LogP contribution in [0.5, 0.6) is 0 Å². The molecule has 5 heteroatoms. The van der Waals surface area contributed by atoms with Crippen molar-refractivity contribution in [2.75, 3.05) is 12.8 Å². The van der Waals surface area contributed by atoms with Gasteiger partial charge < -0.3 is 15.4 Å². The van der Waals surface area contributed by atoms with E-state index < -0.39 is 6.04 Å². The van der Waals surface area contributed by atoms with Gasteiger partial charge in [-0.2, -0.15) is 0 Å². The summed E-state index contributed by atoms with van der Waals surface area (Å²) in [6, 6.07) is 11.0. The number of nitrogens with two attached hydrogens (primary N) is 1. The van der Waals surface area contributed by atoms with Crippen molar-refractivity contribution >= 4 is 17.6 Å². The summed E-state index contributed by atoms with van der Waals surface area (Å²) in [7, 11) is 1.35. The van der Waals surface area contributed by atoms with E-state index in [0.29, 0.717) is 17.8 Å². The minimum atomic E-state index is -0.582. The van der Waals surface area contributed by atoms with Crippen molar-refractivity contribution in [3.05, 3.63) is 53.1 Å². The molecule has 2 N–H and O–H groups in total. The number of fused-ring (bicyclic) bond motifs is 1. The van der Waals surface area contributed by atoms with Crippen molar-refractivity contribution in [2.24, 2.45) is 5.92 Å². The lowest BCUT2D eigenvalue weighted by Gasteiger charge is -2.28. The third-order valence-corrected chi connectivity index (χ3v) is 4.91. The monoisotopic (exact) mass is 352 g/mol. The second-order valence-corrected chi connectivity index (χ2v) is 7.09. The van der Waals surface area contributed by atoms with Crippen LogP contribution in [0.2, 0.25) is 0 Å². The van der Waals surface area contributed by atoms with Crippen LogP contribution >= 0.6 is 0 Å². The number of amides is 1. The molecule has 136 valence electrons. The van der Waals surface area contributed by atoms with Gasteiger partial charge in [0.15, 0.2) is 0 Å². The largest absolute Gasteiger partial charge is 0.467 e. The standard InChI is InChI=1S/C21H24N2O3/c1-12(2)19(21(25)26-4)23-11-15-6-5-14(10-18(15)20(23)24)17-8-7-16(22)9-13(17)3/h5-10,12,19H,11,22H2,1-4H3/t19-/m0/s1. The first-order valence-corrected chi connectivity index (χ1v) is 8.71. The number of anilines is 1. The molecule has 0 radical (unpaired) electrons. The minimum absolute atomic E-state index is 0.0282. The Labute approximate surface area is 153 Å². The van der Waals surface area contributed by atoms with Gasteiger partial charge in [0, 0.05) is 17.8 Å². The highest BCUT2D eigenvalue weighted by atomic mass is 16.5. The van der Waals surface area contributed by atoms with Crippen LogP contribution in [-0.2, 0) is 16.1 Å². The lowest BCUT2D eigenvalue weighted by molar-refractivity contribution is -0.147. The lowest BCUT2D eigenvalue weighted by atomic mass is 9.97. The van der Waals surface area contributed by atoms with Crippen molar-refractivity contribution in [1.82, 2.24) is 4.90 Å². The zero-order chi connectivity index (χ0) is 19.0. The third-order valence-electron chi connectivity index (χ3n) is 4.91. The van der Waals surface area contributed by atoms with Crippen LogP contribution in [0.4, 0.5) is 5.69 Å². The van der Waals surface area contributed by atoms with Gasteiger partial charge in [-0.3, -0.25) is 4.79 Å². The van der Waals surface area contributed by atoms with E-state index in [0.717, 1.165) is 22.3 Å². The number of nitrogen functional groups attached to an aromatic ring is 1. The van der Waals surface area contributed by atoms with Crippen molar-refractivity contribution in [3.8, 4) is 11.1 Å². The summed E-state index contributed by atoms with van der Waals surface area (Å²) in [5.41, 5.74) is 11.2. The number of nitrogens with zero attached hydrogens (tertiary/aromatic N) is 1. The van der Waals surface area contributed by atoms with E-state index in [9.17, 15) is 9.59 Å². The van der Waals surface area contributed by atoms with Gasteiger partial charge in [0.25, 0.3) is 5.91 Å². The highest BCUT2D eigenvalue weighted by Crippen LogP contribution is 2.32. The number of hydrogen-bond donors (Lipinski definition) is 1. The SMILES string of the molecule is COC(=O)[C@H](C(C)C)N1Cc2ccc(-c3ccc(N)cc3C)cc2C1=O. The van der Waals surface area contributed by atoms with Crippen molar-refractivity contribution in [2.45, 2.75) is 33.4 Å². The van der Waals surface area contributed by atoms with Crippen LogP contribution in [0.15, 0.2) is 36.4 Å². The molecule has 1 heterocycles. The molecule has 3 rings (SSSR count). The smallest absolute Gasteiger partial charge is 0.328 e. The summed E-state index contributed by atoms with van der Waals surface area (Å²) in [5, 5.41) is 0. The van der Waals surface area contributed by atoms with Crippen LogP contribution in [-0.4, -0.2) is 29.9 Å². The fourth-order valence-corrected chi connectivity index (χ4v) is 3.61. The van der Waals surface area contributed by atoms with Gasteiger partial charge in [-0.15, -0.1) is 0 Å². The Balaban J connectivity index is 1.97. The fourth-order valence-electron chi connectivity index (χ4n) is 3.61. The number of carbonyl (C=O) groups is 2. The summed E-state index contributed by atoms with van der Waals surface area (Å²) in [6.45, 7) is 6.26. The number of rotatable bonds is 4. The second kappa shape index (κ2) is 6.83. The molecule has 5 nitrogen and oxygen atoms in total. The minimum Gasteiger partial charge on any atom is -0.467 e. The van der Waals surface area contributed by atoms with E-state index in [1.165, 1.54) is 7.11 Å². The molecule has 0 saturated carbocycles. The zero-order valence-electron chi connectivity index (χ0n) is 15.6. The molecule has 0 bridgehead atoms. The quantitative estimate of drug-likeness (QED) is 0.676. The average molecular weight is 352 g/mol. The Morgan fingerprint density at radius 3 is 2.50 bits per heavy atom. The maximum absolute atomic E-state index is 13.0. The number of ether oxygens (including phenoxy) is 1. The maximum Gasteiger partial charge on any atom is 0.328 e. The molecule has 2 aromatic rings. The van der Waals surface area contributed by atoms with E-state index in [-0.39, 0.29) is 17.8 Å². The summed E-state index contributed by atoms with van der Waals surface area (Å²) < 4.78 is 4.91. The topological polar surface area (TPSA) is 72.6 Å². The predicted molar refractivity (Wildman–Crippen MR) is 102 cm³/mol. The Hall–Kier alpha value is -2.82. The van der Waals surface area contributed by atoms with Gasteiger partial charge in [-0.25, -0.2) is 4.79 Å². The number of esters is 1. The van der Waals surface area contributed by atoms with Crippen LogP contribution in [0.3, 0.4) is 0 Å². The molecule has 1 aliphatic rings. The number of benzene rings is 2. The van der Waals surface area contributed by atoms with E-state index in [1.54, 1.807) is 4.90 Å². The molecule has 1 atom stereocenters. The van der Waals surface area contributed by atoms with Gasteiger partial charge >= 0.3 is 5.97 Å². The zero-order valence-corrected chi connectivity index (χ0v) is 15.6.